The summed E-state index contributed by atoms with van der Waals surface area (Å²) in [5, 5.41) is 2.81. The number of allylic oxidation sites excluding steroid dienone is 2. The van der Waals surface area contributed by atoms with Gasteiger partial charge in [-0.1, -0.05) is 38.2 Å². The Kier molecular flexibility index (Phi) is 2.77. The predicted octanol–water partition coefficient (Wildman–Crippen LogP) is 1.38. The third kappa shape index (κ3) is 1.85. The van der Waals surface area contributed by atoms with Crippen molar-refractivity contribution in [2.45, 2.75) is 19.9 Å². The molecule has 84 valence electrons. The first-order chi connectivity index (χ1) is 7.61. The van der Waals surface area contributed by atoms with E-state index in [-0.39, 0.29) is 23.4 Å². The van der Waals surface area contributed by atoms with Gasteiger partial charge in [-0.05, 0) is 11.5 Å². The molecule has 2 atom stereocenters. The van der Waals surface area contributed by atoms with Crippen molar-refractivity contribution >= 4 is 12.2 Å². The Bertz CT molecular complexity index is 416. The minimum Gasteiger partial charge on any atom is -0.345 e. The molecular formula is C13H15NO2. The van der Waals surface area contributed by atoms with E-state index in [1.54, 1.807) is 6.08 Å². The van der Waals surface area contributed by atoms with Gasteiger partial charge < -0.3 is 5.32 Å². The topological polar surface area (TPSA) is 46.2 Å². The Morgan fingerprint density at radius 2 is 2.12 bits per heavy atom. The van der Waals surface area contributed by atoms with E-state index in [0.29, 0.717) is 12.2 Å². The third-order valence-electron chi connectivity index (χ3n) is 3.02. The molecule has 3 nitrogen and oxygen atoms in total. The zero-order chi connectivity index (χ0) is 11.7. The van der Waals surface area contributed by atoms with Crippen LogP contribution in [0.15, 0.2) is 35.5 Å². The molecule has 1 heterocycles. The molecule has 1 aliphatic heterocycles. The fourth-order valence-electron chi connectivity index (χ4n) is 2.02. The summed E-state index contributed by atoms with van der Waals surface area (Å²) < 4.78 is 0. The van der Waals surface area contributed by atoms with Crippen LogP contribution < -0.4 is 5.32 Å². The van der Waals surface area contributed by atoms with E-state index in [4.69, 9.17) is 0 Å². The van der Waals surface area contributed by atoms with E-state index in [1.165, 1.54) is 5.57 Å². The average Bonchev–Trinajstić information content (AvgIpc) is 2.27. The van der Waals surface area contributed by atoms with E-state index in [0.717, 1.165) is 0 Å². The van der Waals surface area contributed by atoms with Gasteiger partial charge in [-0.15, -0.1) is 0 Å². The van der Waals surface area contributed by atoms with Gasteiger partial charge in [0.2, 0.25) is 0 Å². The Balaban J connectivity index is 2.31. The smallest absolute Gasteiger partial charge is 0.254 e. The minimum absolute atomic E-state index is 0.00120. The summed E-state index contributed by atoms with van der Waals surface area (Å²) in [7, 11) is 0. The van der Waals surface area contributed by atoms with Gasteiger partial charge in [-0.3, -0.25) is 9.59 Å². The van der Waals surface area contributed by atoms with Crippen molar-refractivity contribution in [1.29, 1.82) is 0 Å². The third-order valence-corrected chi connectivity index (χ3v) is 3.02. The molecule has 1 amide bonds. The van der Waals surface area contributed by atoms with Crippen molar-refractivity contribution in [3.63, 3.8) is 0 Å². The molecule has 1 N–H and O–H groups in total. The quantitative estimate of drug-likeness (QED) is 0.561. The number of carbonyl (C=O) groups excluding carboxylic acids is 2. The first-order valence-electron chi connectivity index (χ1n) is 5.49. The second kappa shape index (κ2) is 4.08. The van der Waals surface area contributed by atoms with Crippen LogP contribution in [0.1, 0.15) is 13.8 Å². The maximum Gasteiger partial charge on any atom is 0.254 e. The monoisotopic (exact) mass is 217 g/mol. The van der Waals surface area contributed by atoms with Crippen LogP contribution in [0, 0.1) is 11.8 Å². The van der Waals surface area contributed by atoms with Crippen LogP contribution in [-0.4, -0.2) is 18.2 Å². The van der Waals surface area contributed by atoms with E-state index in [2.05, 4.69) is 25.2 Å². The molecule has 0 aromatic heterocycles. The maximum atomic E-state index is 11.4. The van der Waals surface area contributed by atoms with Crippen molar-refractivity contribution in [3.05, 3.63) is 35.5 Å². The van der Waals surface area contributed by atoms with E-state index in [9.17, 15) is 9.59 Å². The van der Waals surface area contributed by atoms with Crippen molar-refractivity contribution in [1.82, 2.24) is 5.32 Å². The van der Waals surface area contributed by atoms with Crippen molar-refractivity contribution in [3.8, 4) is 0 Å². The molecule has 16 heavy (non-hydrogen) atoms. The summed E-state index contributed by atoms with van der Waals surface area (Å²) in [6.07, 6.45) is 8.54. The Morgan fingerprint density at radius 1 is 1.38 bits per heavy atom. The lowest BCUT2D eigenvalue weighted by atomic mass is 9.84. The molecule has 1 unspecified atom stereocenters. The molecular weight excluding hydrogens is 202 g/mol. The zero-order valence-electron chi connectivity index (χ0n) is 9.44. The SMILES string of the molecule is CC(C)C1=CC2C=C(C=O)C(=O)N[C@@H]2C=C1. The first kappa shape index (κ1) is 10.9. The van der Waals surface area contributed by atoms with Crippen LogP contribution >= 0.6 is 0 Å². The Hall–Kier alpha value is -1.64. The summed E-state index contributed by atoms with van der Waals surface area (Å²) in [5.41, 5.74) is 1.48. The number of nitrogens with one attached hydrogen (secondary N) is 1. The van der Waals surface area contributed by atoms with Crippen molar-refractivity contribution < 1.29 is 9.59 Å². The predicted molar refractivity (Wildman–Crippen MR) is 61.6 cm³/mol. The molecule has 0 saturated carbocycles. The molecule has 2 aliphatic rings. The molecule has 3 heteroatoms. The largest absolute Gasteiger partial charge is 0.345 e. The Morgan fingerprint density at radius 3 is 2.75 bits per heavy atom. The van der Waals surface area contributed by atoms with Crippen LogP contribution in [0.4, 0.5) is 0 Å². The van der Waals surface area contributed by atoms with Crippen LogP contribution in [0.25, 0.3) is 0 Å². The average molecular weight is 217 g/mol. The van der Waals surface area contributed by atoms with Gasteiger partial charge in [0.25, 0.3) is 5.91 Å². The molecule has 0 radical (unpaired) electrons. The summed E-state index contributed by atoms with van der Waals surface area (Å²) in [6, 6.07) is -0.00120. The lowest BCUT2D eigenvalue weighted by Gasteiger charge is -2.29. The number of carbonyl (C=O) groups is 2. The highest BCUT2D eigenvalue weighted by Crippen LogP contribution is 2.26. The second-order valence-corrected chi connectivity index (χ2v) is 4.50. The highest BCUT2D eigenvalue weighted by atomic mass is 16.2. The highest BCUT2D eigenvalue weighted by molar-refractivity contribution is 6.11. The molecule has 1 aliphatic carbocycles. The van der Waals surface area contributed by atoms with Crippen LogP contribution in [0.3, 0.4) is 0 Å². The molecule has 0 aromatic carbocycles. The fraction of sp³-hybridized carbons (Fsp3) is 0.385. The highest BCUT2D eigenvalue weighted by Gasteiger charge is 2.28. The van der Waals surface area contributed by atoms with Crippen LogP contribution in [0.5, 0.6) is 0 Å². The molecule has 2 rings (SSSR count). The van der Waals surface area contributed by atoms with Gasteiger partial charge in [0.15, 0.2) is 6.29 Å². The van der Waals surface area contributed by atoms with Gasteiger partial charge in [-0.25, -0.2) is 0 Å². The van der Waals surface area contributed by atoms with Crippen LogP contribution in [-0.2, 0) is 9.59 Å². The summed E-state index contributed by atoms with van der Waals surface area (Å²) in [4.78, 5) is 22.1. The van der Waals surface area contributed by atoms with Crippen molar-refractivity contribution in [2.24, 2.45) is 11.8 Å². The minimum atomic E-state index is -0.276. The van der Waals surface area contributed by atoms with Gasteiger partial charge in [0, 0.05) is 5.92 Å². The number of fused-ring (bicyclic) bond motifs is 1. The number of amides is 1. The normalized spacial score (nSPS) is 28.1. The van der Waals surface area contributed by atoms with Crippen LogP contribution in [0.2, 0.25) is 0 Å². The standard InChI is InChI=1S/C13H15NO2/c1-8(2)9-3-4-12-10(5-9)6-11(7-15)13(16)14-12/h3-8,10,12H,1-2H3,(H,14,16)/t10?,12-/m1/s1. The number of hydrogen-bond donors (Lipinski definition) is 1. The molecule has 0 spiro atoms. The lowest BCUT2D eigenvalue weighted by molar-refractivity contribution is -0.120. The Labute approximate surface area is 94.9 Å². The summed E-state index contributed by atoms with van der Waals surface area (Å²) in [5.74, 6) is 0.297. The molecule has 0 fully saturated rings. The zero-order valence-corrected chi connectivity index (χ0v) is 9.44. The molecule has 0 saturated heterocycles. The number of hydrogen-bond acceptors (Lipinski definition) is 2. The van der Waals surface area contributed by atoms with Gasteiger partial charge in [0.1, 0.15) is 0 Å². The number of aldehydes is 1. The van der Waals surface area contributed by atoms with Gasteiger partial charge in [-0.2, -0.15) is 0 Å². The molecule has 0 aromatic rings. The van der Waals surface area contributed by atoms with E-state index < -0.39 is 0 Å². The summed E-state index contributed by atoms with van der Waals surface area (Å²) in [6.45, 7) is 4.25. The first-order valence-corrected chi connectivity index (χ1v) is 5.49. The van der Waals surface area contributed by atoms with Crippen molar-refractivity contribution in [2.75, 3.05) is 0 Å². The molecule has 0 bridgehead atoms. The second-order valence-electron chi connectivity index (χ2n) is 4.50. The van der Waals surface area contributed by atoms with Gasteiger partial charge >= 0.3 is 0 Å². The number of rotatable bonds is 2. The lowest BCUT2D eigenvalue weighted by Crippen LogP contribution is -2.43. The van der Waals surface area contributed by atoms with E-state index >= 15 is 0 Å². The maximum absolute atomic E-state index is 11.4. The van der Waals surface area contributed by atoms with Gasteiger partial charge in [0.05, 0.1) is 11.6 Å². The van der Waals surface area contributed by atoms with E-state index in [1.807, 2.05) is 12.2 Å². The fourth-order valence-corrected chi connectivity index (χ4v) is 2.02. The summed E-state index contributed by atoms with van der Waals surface area (Å²) >= 11 is 0.